The van der Waals surface area contributed by atoms with Gasteiger partial charge in [0.2, 0.25) is 5.91 Å². The number of hydrogen-bond acceptors (Lipinski definition) is 6. The molecule has 2 aromatic carbocycles. The molecule has 1 unspecified atom stereocenters. The molecule has 2 aliphatic rings. The van der Waals surface area contributed by atoms with Crippen LogP contribution in [0.4, 0.5) is 11.4 Å². The Morgan fingerprint density at radius 3 is 2.48 bits per heavy atom. The average molecular weight is 471 g/mol. The summed E-state index contributed by atoms with van der Waals surface area (Å²) in [6.45, 7) is 0.390. The summed E-state index contributed by atoms with van der Waals surface area (Å²) in [5.74, 6) is 0.182. The lowest BCUT2D eigenvalue weighted by molar-refractivity contribution is -0.384. The Hall–Kier alpha value is -2.83. The molecule has 0 aliphatic carbocycles. The summed E-state index contributed by atoms with van der Waals surface area (Å²) in [6, 6.07) is 16.2. The van der Waals surface area contributed by atoms with Gasteiger partial charge in [-0.2, -0.15) is 5.26 Å². The zero-order valence-corrected chi connectivity index (χ0v) is 17.5. The highest BCUT2D eigenvalue weighted by Crippen LogP contribution is 2.43. The third-order valence-corrected chi connectivity index (χ3v) is 6.67. The van der Waals surface area contributed by atoms with Crippen LogP contribution < -0.4 is 4.90 Å². The van der Waals surface area contributed by atoms with Crippen LogP contribution in [0.15, 0.2) is 63.6 Å². The van der Waals surface area contributed by atoms with Crippen molar-refractivity contribution < 1.29 is 9.72 Å². The molecule has 2 aromatic rings. The second-order valence-corrected chi connectivity index (χ2v) is 8.54. The highest BCUT2D eigenvalue weighted by atomic mass is 79.9. The molecule has 0 saturated carbocycles. The van der Waals surface area contributed by atoms with Crippen molar-refractivity contribution >= 4 is 45.0 Å². The van der Waals surface area contributed by atoms with Crippen LogP contribution in [0, 0.1) is 21.4 Å². The number of carbonyl (C=O) groups excluding carboxylic acids is 1. The van der Waals surface area contributed by atoms with Crippen LogP contribution in [-0.4, -0.2) is 28.3 Å². The maximum absolute atomic E-state index is 12.9. The Balaban J connectivity index is 1.63. The number of fused-ring (bicyclic) bond motifs is 1. The summed E-state index contributed by atoms with van der Waals surface area (Å²) < 4.78 is 0.984. The molecule has 0 spiro atoms. The first-order valence-electron chi connectivity index (χ1n) is 8.80. The first-order chi connectivity index (χ1) is 14.0. The Morgan fingerprint density at radius 2 is 1.86 bits per heavy atom. The molecule has 7 nitrogen and oxygen atoms in total. The van der Waals surface area contributed by atoms with Crippen molar-refractivity contribution in [2.75, 3.05) is 17.4 Å². The molecule has 0 aromatic heterocycles. The first-order valence-corrected chi connectivity index (χ1v) is 10.6. The topological polar surface area (TPSA) is 90.5 Å². The van der Waals surface area contributed by atoms with E-state index < -0.39 is 4.92 Å². The molecule has 4 rings (SSSR count). The van der Waals surface area contributed by atoms with E-state index in [4.69, 9.17) is 0 Å². The molecule has 9 heteroatoms. The monoisotopic (exact) mass is 470 g/mol. The quantitative estimate of drug-likeness (QED) is 0.481. The molecular weight excluding hydrogens is 456 g/mol. The number of non-ortho nitro benzene ring substituents is 1. The molecule has 29 heavy (non-hydrogen) atoms. The van der Waals surface area contributed by atoms with Gasteiger partial charge in [-0.3, -0.25) is 19.8 Å². The van der Waals surface area contributed by atoms with E-state index in [2.05, 4.69) is 26.9 Å². The normalized spacial score (nSPS) is 19.0. The van der Waals surface area contributed by atoms with E-state index in [9.17, 15) is 20.2 Å². The molecule has 1 atom stereocenters. The molecule has 2 heterocycles. The summed E-state index contributed by atoms with van der Waals surface area (Å²) in [6.07, 6.45) is 0.166. The van der Waals surface area contributed by atoms with Crippen LogP contribution in [0.5, 0.6) is 0 Å². The summed E-state index contributed by atoms with van der Waals surface area (Å²) >= 11 is 4.89. The maximum Gasteiger partial charge on any atom is 0.269 e. The highest BCUT2D eigenvalue weighted by Gasteiger charge is 2.38. The van der Waals surface area contributed by atoms with Gasteiger partial charge in [0, 0.05) is 34.6 Å². The fraction of sp³-hybridized carbons (Fsp3) is 0.200. The Bertz CT molecular complexity index is 1050. The number of thioether (sulfide) groups is 1. The minimum atomic E-state index is -0.463. The molecule has 146 valence electrons. The van der Waals surface area contributed by atoms with Crippen molar-refractivity contribution in [3.63, 3.8) is 0 Å². The number of benzene rings is 2. The minimum absolute atomic E-state index is 0.0131. The summed E-state index contributed by atoms with van der Waals surface area (Å²) in [4.78, 5) is 27.1. The highest BCUT2D eigenvalue weighted by molar-refractivity contribution is 9.10. The van der Waals surface area contributed by atoms with Crippen LogP contribution in [-0.2, 0) is 4.79 Å². The Labute approximate surface area is 179 Å². The largest absolute Gasteiger partial charge is 0.344 e. The third kappa shape index (κ3) is 3.73. The van der Waals surface area contributed by atoms with Crippen molar-refractivity contribution in [3.05, 3.63) is 79.3 Å². The van der Waals surface area contributed by atoms with E-state index in [-0.39, 0.29) is 23.9 Å². The van der Waals surface area contributed by atoms with E-state index in [0.29, 0.717) is 23.1 Å². The fourth-order valence-corrected chi connectivity index (χ4v) is 4.92. The number of nitrogens with zero attached hydrogens (tertiary/aromatic N) is 4. The number of nitro benzene ring substituents is 1. The van der Waals surface area contributed by atoms with Gasteiger partial charge in [0.25, 0.3) is 5.69 Å². The number of hydrogen-bond donors (Lipinski definition) is 0. The van der Waals surface area contributed by atoms with E-state index in [0.717, 1.165) is 15.7 Å². The van der Waals surface area contributed by atoms with E-state index >= 15 is 0 Å². The van der Waals surface area contributed by atoms with Crippen molar-refractivity contribution in [1.82, 2.24) is 4.90 Å². The van der Waals surface area contributed by atoms with Gasteiger partial charge in [-0.05, 0) is 29.8 Å². The maximum atomic E-state index is 12.9. The molecule has 0 N–H and O–H groups in total. The number of nitriles is 1. The van der Waals surface area contributed by atoms with Gasteiger partial charge < -0.3 is 4.90 Å². The van der Waals surface area contributed by atoms with E-state index in [1.54, 1.807) is 17.0 Å². The zero-order chi connectivity index (χ0) is 20.5. The van der Waals surface area contributed by atoms with Gasteiger partial charge in [-0.15, -0.1) is 0 Å². The van der Waals surface area contributed by atoms with Gasteiger partial charge in [-0.25, -0.2) is 0 Å². The van der Waals surface area contributed by atoms with Gasteiger partial charge in [0.15, 0.2) is 0 Å². The lowest BCUT2D eigenvalue weighted by Crippen LogP contribution is -2.47. The third-order valence-electron chi connectivity index (χ3n) is 4.99. The SMILES string of the molecule is N#CC1=C2SCN(c3ccc(Br)cc3)CN2C(=O)CC1c1ccc([N+](=O)[O-])cc1. The van der Waals surface area contributed by atoms with E-state index in [1.165, 1.54) is 23.9 Å². The lowest BCUT2D eigenvalue weighted by atomic mass is 9.86. The van der Waals surface area contributed by atoms with Crippen molar-refractivity contribution in [1.29, 1.82) is 5.26 Å². The number of nitro groups is 1. The van der Waals surface area contributed by atoms with Gasteiger partial charge in [-0.1, -0.05) is 39.8 Å². The van der Waals surface area contributed by atoms with Crippen LogP contribution in [0.3, 0.4) is 0 Å². The van der Waals surface area contributed by atoms with Crippen LogP contribution >= 0.6 is 27.7 Å². The van der Waals surface area contributed by atoms with Crippen molar-refractivity contribution in [3.8, 4) is 6.07 Å². The minimum Gasteiger partial charge on any atom is -0.344 e. The predicted molar refractivity (Wildman–Crippen MR) is 114 cm³/mol. The number of carbonyl (C=O) groups is 1. The summed E-state index contributed by atoms with van der Waals surface area (Å²) in [5, 5.41) is 21.4. The molecule has 1 fully saturated rings. The number of amides is 1. The van der Waals surface area contributed by atoms with Crippen LogP contribution in [0.25, 0.3) is 0 Å². The predicted octanol–water partition coefficient (Wildman–Crippen LogP) is 4.58. The number of rotatable bonds is 3. The molecule has 0 radical (unpaired) electrons. The number of anilines is 1. The average Bonchev–Trinajstić information content (AvgIpc) is 2.74. The van der Waals surface area contributed by atoms with Gasteiger partial charge >= 0.3 is 0 Å². The standard InChI is InChI=1S/C20H15BrN4O3S/c21-14-3-7-15(8-4-14)23-11-24-19(26)9-17(18(10-22)20(24)29-12-23)13-1-5-16(6-2-13)25(27)28/h1-8,17H,9,11-12H2. The Morgan fingerprint density at radius 1 is 1.17 bits per heavy atom. The molecular formula is C20H15BrN4O3S. The molecule has 2 aliphatic heterocycles. The zero-order valence-electron chi connectivity index (χ0n) is 15.1. The second-order valence-electron chi connectivity index (χ2n) is 6.69. The number of allylic oxidation sites excluding steroid dienone is 1. The fourth-order valence-electron chi connectivity index (χ4n) is 3.49. The van der Waals surface area contributed by atoms with E-state index in [1.807, 2.05) is 24.3 Å². The van der Waals surface area contributed by atoms with Gasteiger partial charge in [0.1, 0.15) is 0 Å². The molecule has 1 saturated heterocycles. The number of halogens is 1. The van der Waals surface area contributed by atoms with Crippen molar-refractivity contribution in [2.45, 2.75) is 12.3 Å². The van der Waals surface area contributed by atoms with Crippen LogP contribution in [0.1, 0.15) is 17.9 Å². The second kappa shape index (κ2) is 7.89. The van der Waals surface area contributed by atoms with Gasteiger partial charge in [0.05, 0.1) is 34.1 Å². The lowest BCUT2D eigenvalue weighted by Gasteiger charge is -2.42. The molecule has 1 amide bonds. The smallest absolute Gasteiger partial charge is 0.269 e. The first kappa shape index (κ1) is 19.5. The van der Waals surface area contributed by atoms with Crippen molar-refractivity contribution in [2.24, 2.45) is 0 Å². The summed E-state index contributed by atoms with van der Waals surface area (Å²) in [7, 11) is 0. The van der Waals surface area contributed by atoms with Crippen LogP contribution in [0.2, 0.25) is 0 Å². The molecule has 0 bridgehead atoms. The summed E-state index contributed by atoms with van der Waals surface area (Å²) in [5.41, 5.74) is 2.27. The Kier molecular flexibility index (Phi) is 5.30.